The largest absolute Gasteiger partial charge is 0.433 e. The van der Waals surface area contributed by atoms with Crippen LogP contribution in [0.1, 0.15) is 38.7 Å². The third-order valence-corrected chi connectivity index (χ3v) is 5.18. The molecule has 4 rings (SSSR count). The van der Waals surface area contributed by atoms with Crippen LogP contribution in [0.5, 0.6) is 0 Å². The summed E-state index contributed by atoms with van der Waals surface area (Å²) in [7, 11) is 0. The number of nitrogens with one attached hydrogen (secondary N) is 2. The van der Waals surface area contributed by atoms with E-state index in [1.165, 1.54) is 41.2 Å². The van der Waals surface area contributed by atoms with E-state index in [0.29, 0.717) is 5.56 Å². The molecule has 0 fully saturated rings. The lowest BCUT2D eigenvalue weighted by molar-refractivity contribution is -0.140. The third kappa shape index (κ3) is 3.75. The summed E-state index contributed by atoms with van der Waals surface area (Å²) in [5.41, 5.74) is -0.532. The number of fused-ring (bicyclic) bond motifs is 1. The first kappa shape index (κ1) is 17.7. The number of carbonyl (C=O) groups is 1. The third-order valence-electron chi connectivity index (χ3n) is 5.18. The van der Waals surface area contributed by atoms with E-state index in [9.17, 15) is 22.8 Å². The Bertz CT molecular complexity index is 1480. The molecule has 1 atom stereocenters. The standard InChI is InChI=1S/C22H18F3N5O2/c1-12(13-4-3-5-15(8-13)20(31)26-2)30-11-27-18-9-14(6-7-16(18)21(30)32)17-10-28-29-19(17)22(23,24)25/h3-12H,1-2H3,(H,26,31)(H,28,29)/i2D3. The quantitative estimate of drug-likeness (QED) is 0.501. The summed E-state index contributed by atoms with van der Waals surface area (Å²) in [5, 5.41) is 7.53. The molecule has 164 valence electrons. The van der Waals surface area contributed by atoms with Crippen molar-refractivity contribution in [1.29, 1.82) is 0 Å². The number of amides is 1. The second-order valence-electron chi connectivity index (χ2n) is 7.10. The minimum Gasteiger partial charge on any atom is -0.355 e. The van der Waals surface area contributed by atoms with Gasteiger partial charge in [0, 0.05) is 22.2 Å². The van der Waals surface area contributed by atoms with E-state index in [4.69, 9.17) is 4.11 Å². The first-order chi connectivity index (χ1) is 16.3. The van der Waals surface area contributed by atoms with E-state index in [0.717, 1.165) is 6.20 Å². The first-order valence-electron chi connectivity index (χ1n) is 10.9. The molecule has 10 heteroatoms. The average Bonchev–Trinajstić information content (AvgIpc) is 3.28. The predicted octanol–water partition coefficient (Wildman–Crippen LogP) is 3.77. The zero-order chi connectivity index (χ0) is 25.5. The summed E-state index contributed by atoms with van der Waals surface area (Å²) in [6, 6.07) is 9.76. The van der Waals surface area contributed by atoms with Crippen LogP contribution in [-0.4, -0.2) is 32.6 Å². The number of nitrogens with zero attached hydrogens (tertiary/aromatic N) is 3. The van der Waals surface area contributed by atoms with Crippen LogP contribution in [-0.2, 0) is 6.18 Å². The van der Waals surface area contributed by atoms with Crippen LogP contribution in [0.2, 0.25) is 0 Å². The van der Waals surface area contributed by atoms with Crippen LogP contribution in [0, 0.1) is 0 Å². The minimum atomic E-state index is -4.62. The second kappa shape index (κ2) is 7.95. The Kier molecular flexibility index (Phi) is 4.40. The van der Waals surface area contributed by atoms with Gasteiger partial charge < -0.3 is 5.32 Å². The number of carbonyl (C=O) groups excluding carboxylic acids is 1. The zero-order valence-corrected chi connectivity index (χ0v) is 16.6. The number of hydrogen-bond donors (Lipinski definition) is 2. The Morgan fingerprint density at radius 1 is 1.25 bits per heavy atom. The van der Waals surface area contributed by atoms with Gasteiger partial charge in [-0.05, 0) is 42.3 Å². The molecule has 4 aromatic rings. The number of halogens is 3. The van der Waals surface area contributed by atoms with Crippen LogP contribution in [0.25, 0.3) is 22.0 Å². The van der Waals surface area contributed by atoms with Gasteiger partial charge in [0.1, 0.15) is 5.69 Å². The summed E-state index contributed by atoms with van der Waals surface area (Å²) in [6.07, 6.45) is -2.29. The maximum absolute atomic E-state index is 13.2. The molecule has 2 N–H and O–H groups in total. The van der Waals surface area contributed by atoms with E-state index in [-0.39, 0.29) is 27.6 Å². The predicted molar refractivity (Wildman–Crippen MR) is 112 cm³/mol. The highest BCUT2D eigenvalue weighted by Crippen LogP contribution is 2.35. The van der Waals surface area contributed by atoms with Gasteiger partial charge in [-0.2, -0.15) is 18.3 Å². The van der Waals surface area contributed by atoms with Gasteiger partial charge in [-0.15, -0.1) is 0 Å². The number of hydrogen-bond acceptors (Lipinski definition) is 4. The fourth-order valence-electron chi connectivity index (χ4n) is 3.47. The Labute approximate surface area is 184 Å². The van der Waals surface area contributed by atoms with Crippen molar-refractivity contribution in [2.24, 2.45) is 0 Å². The van der Waals surface area contributed by atoms with Gasteiger partial charge in [0.15, 0.2) is 0 Å². The highest BCUT2D eigenvalue weighted by atomic mass is 19.4. The minimum absolute atomic E-state index is 0.109. The summed E-state index contributed by atoms with van der Waals surface area (Å²) in [5.74, 6) is -0.784. The maximum Gasteiger partial charge on any atom is 0.433 e. The van der Waals surface area contributed by atoms with Crippen LogP contribution >= 0.6 is 0 Å². The number of H-pyrrole nitrogens is 1. The van der Waals surface area contributed by atoms with Gasteiger partial charge in [0.05, 0.1) is 29.5 Å². The topological polar surface area (TPSA) is 92.7 Å². The monoisotopic (exact) mass is 444 g/mol. The highest BCUT2D eigenvalue weighted by Gasteiger charge is 2.36. The highest BCUT2D eigenvalue weighted by molar-refractivity contribution is 5.94. The number of alkyl halides is 3. The molecule has 0 radical (unpaired) electrons. The van der Waals surface area contributed by atoms with Crippen molar-refractivity contribution in [1.82, 2.24) is 25.1 Å². The molecular formula is C22H18F3N5O2. The molecule has 0 spiro atoms. The van der Waals surface area contributed by atoms with Crippen LogP contribution < -0.4 is 10.9 Å². The summed E-state index contributed by atoms with van der Waals surface area (Å²) in [4.78, 5) is 29.6. The fraction of sp³-hybridized carbons (Fsp3) is 0.182. The molecule has 1 amide bonds. The lowest BCUT2D eigenvalue weighted by Crippen LogP contribution is -2.25. The van der Waals surface area contributed by atoms with Gasteiger partial charge >= 0.3 is 6.18 Å². The molecule has 32 heavy (non-hydrogen) atoms. The molecule has 0 saturated heterocycles. The Hall–Kier alpha value is -3.95. The van der Waals surface area contributed by atoms with Crippen LogP contribution in [0.15, 0.2) is 59.8 Å². The van der Waals surface area contributed by atoms with Gasteiger partial charge in [-0.3, -0.25) is 19.3 Å². The van der Waals surface area contributed by atoms with Gasteiger partial charge in [0.2, 0.25) is 0 Å². The first-order valence-corrected chi connectivity index (χ1v) is 9.39. The molecule has 0 aliphatic rings. The van der Waals surface area contributed by atoms with E-state index in [1.54, 1.807) is 19.1 Å². The fourth-order valence-corrected chi connectivity index (χ4v) is 3.47. The SMILES string of the molecule is [2H]C([2H])([2H])NC(=O)c1cccc(C(C)n2cnc3cc(-c4cn[nH]c4C(F)(F)F)ccc3c2=O)c1. The number of aromatic nitrogens is 4. The van der Waals surface area contributed by atoms with Crippen molar-refractivity contribution in [3.05, 3.63) is 82.2 Å². The van der Waals surface area contributed by atoms with Crippen LogP contribution in [0.3, 0.4) is 0 Å². The van der Waals surface area contributed by atoms with E-state index >= 15 is 0 Å². The molecule has 1 unspecified atom stereocenters. The number of benzene rings is 2. The lowest BCUT2D eigenvalue weighted by atomic mass is 10.0. The Morgan fingerprint density at radius 2 is 2.06 bits per heavy atom. The number of aromatic amines is 1. The van der Waals surface area contributed by atoms with Gasteiger partial charge in [0.25, 0.3) is 11.5 Å². The Balaban J connectivity index is 1.69. The van der Waals surface area contributed by atoms with Crippen molar-refractivity contribution in [2.45, 2.75) is 19.1 Å². The van der Waals surface area contributed by atoms with Crippen molar-refractivity contribution in [2.75, 3.05) is 6.98 Å². The molecule has 0 aliphatic carbocycles. The summed E-state index contributed by atoms with van der Waals surface area (Å²) in [6.45, 7) is -0.945. The second-order valence-corrected chi connectivity index (χ2v) is 7.10. The zero-order valence-electron chi connectivity index (χ0n) is 19.6. The Morgan fingerprint density at radius 3 is 2.81 bits per heavy atom. The maximum atomic E-state index is 13.2. The molecule has 2 heterocycles. The molecule has 0 saturated carbocycles. The summed E-state index contributed by atoms with van der Waals surface area (Å²) < 4.78 is 62.5. The molecule has 2 aromatic heterocycles. The van der Waals surface area contributed by atoms with Crippen molar-refractivity contribution in [3.63, 3.8) is 0 Å². The smallest absolute Gasteiger partial charge is 0.355 e. The summed E-state index contributed by atoms with van der Waals surface area (Å²) >= 11 is 0. The molecule has 0 bridgehead atoms. The van der Waals surface area contributed by atoms with E-state index in [2.05, 4.69) is 10.1 Å². The molecule has 2 aromatic carbocycles. The molecular weight excluding hydrogens is 423 g/mol. The van der Waals surface area contributed by atoms with Crippen LogP contribution in [0.4, 0.5) is 13.2 Å². The normalized spacial score (nSPS) is 14.4. The van der Waals surface area contributed by atoms with Gasteiger partial charge in [-0.1, -0.05) is 18.2 Å². The number of rotatable bonds is 4. The average molecular weight is 444 g/mol. The van der Waals surface area contributed by atoms with E-state index in [1.807, 2.05) is 10.4 Å². The van der Waals surface area contributed by atoms with E-state index < -0.39 is 36.4 Å². The lowest BCUT2D eigenvalue weighted by Gasteiger charge is -2.17. The van der Waals surface area contributed by atoms with Crippen molar-refractivity contribution >= 4 is 16.8 Å². The molecule has 7 nitrogen and oxygen atoms in total. The molecule has 0 aliphatic heterocycles. The van der Waals surface area contributed by atoms with Crippen molar-refractivity contribution < 1.29 is 22.1 Å². The van der Waals surface area contributed by atoms with Gasteiger partial charge in [-0.25, -0.2) is 4.98 Å². The van der Waals surface area contributed by atoms with Crippen molar-refractivity contribution in [3.8, 4) is 11.1 Å².